The molecule has 0 fully saturated rings. The van der Waals surface area contributed by atoms with Gasteiger partial charge in [0.15, 0.2) is 5.96 Å². The van der Waals surface area contributed by atoms with Gasteiger partial charge in [0.1, 0.15) is 0 Å². The number of aryl methyl sites for hydroxylation is 2. The smallest absolute Gasteiger partial charge is 0.191 e. The van der Waals surface area contributed by atoms with Crippen molar-refractivity contribution in [2.75, 3.05) is 26.2 Å². The highest BCUT2D eigenvalue weighted by Gasteiger charge is 2.25. The van der Waals surface area contributed by atoms with Gasteiger partial charge in [0.05, 0.1) is 5.69 Å². The molecular formula is C20H40IN5O. The number of guanidine groups is 1. The van der Waals surface area contributed by atoms with E-state index in [1.165, 1.54) is 5.69 Å². The lowest BCUT2D eigenvalue weighted by molar-refractivity contribution is 0.175. The Kier molecular flexibility index (Phi) is 13.0. The van der Waals surface area contributed by atoms with Crippen LogP contribution in [0.25, 0.3) is 0 Å². The summed E-state index contributed by atoms with van der Waals surface area (Å²) in [4.78, 5) is 4.81. The topological polar surface area (TPSA) is 74.5 Å². The van der Waals surface area contributed by atoms with E-state index in [0.29, 0.717) is 5.92 Å². The summed E-state index contributed by atoms with van der Waals surface area (Å²) in [5.74, 6) is 1.30. The Morgan fingerprint density at radius 1 is 1.26 bits per heavy atom. The number of aliphatic imine (C=N–C) groups is 1. The van der Waals surface area contributed by atoms with E-state index >= 15 is 0 Å². The number of rotatable bonds is 11. The molecule has 1 aromatic heterocycles. The minimum atomic E-state index is 0. The van der Waals surface area contributed by atoms with Gasteiger partial charge < -0.3 is 15.7 Å². The largest absolute Gasteiger partial charge is 0.396 e. The van der Waals surface area contributed by atoms with Crippen LogP contribution in [0.1, 0.15) is 58.3 Å². The van der Waals surface area contributed by atoms with Crippen LogP contribution in [0.15, 0.2) is 11.1 Å². The fourth-order valence-corrected chi connectivity index (χ4v) is 3.22. The fourth-order valence-electron chi connectivity index (χ4n) is 3.22. The van der Waals surface area contributed by atoms with Crippen molar-refractivity contribution < 1.29 is 5.11 Å². The first-order chi connectivity index (χ1) is 12.4. The van der Waals surface area contributed by atoms with E-state index in [9.17, 15) is 5.11 Å². The summed E-state index contributed by atoms with van der Waals surface area (Å²) >= 11 is 0. The molecule has 0 saturated carbocycles. The molecule has 0 radical (unpaired) electrons. The third-order valence-electron chi connectivity index (χ3n) is 5.26. The lowest BCUT2D eigenvalue weighted by atomic mass is 9.79. The highest BCUT2D eigenvalue weighted by Crippen LogP contribution is 2.30. The molecular weight excluding hydrogens is 453 g/mol. The van der Waals surface area contributed by atoms with Gasteiger partial charge in [-0.1, -0.05) is 20.8 Å². The van der Waals surface area contributed by atoms with E-state index in [0.717, 1.165) is 57.1 Å². The third kappa shape index (κ3) is 8.81. The number of aliphatic hydroxyl groups excluding tert-OH is 1. The Morgan fingerprint density at radius 3 is 2.41 bits per heavy atom. The van der Waals surface area contributed by atoms with E-state index in [-0.39, 0.29) is 36.0 Å². The molecule has 158 valence electrons. The lowest BCUT2D eigenvalue weighted by Crippen LogP contribution is -2.41. The van der Waals surface area contributed by atoms with E-state index in [1.54, 1.807) is 0 Å². The van der Waals surface area contributed by atoms with E-state index in [2.05, 4.69) is 61.1 Å². The molecule has 1 aromatic rings. The summed E-state index contributed by atoms with van der Waals surface area (Å²) in [5.41, 5.74) is 2.36. The first kappa shape index (κ1) is 26.2. The number of nitrogens with one attached hydrogen (secondary N) is 2. The second kappa shape index (κ2) is 13.4. The number of aromatic nitrogens is 2. The molecule has 0 bridgehead atoms. The molecule has 0 amide bonds. The van der Waals surface area contributed by atoms with Crippen LogP contribution < -0.4 is 10.6 Å². The molecule has 0 aliphatic carbocycles. The average Bonchev–Trinajstić information content (AvgIpc) is 2.93. The Labute approximate surface area is 182 Å². The average molecular weight is 493 g/mol. The van der Waals surface area contributed by atoms with Crippen molar-refractivity contribution in [3.05, 3.63) is 17.5 Å². The van der Waals surface area contributed by atoms with Crippen molar-refractivity contribution in [1.82, 2.24) is 20.4 Å². The number of halogens is 1. The summed E-state index contributed by atoms with van der Waals surface area (Å²) in [6.07, 6.45) is 2.86. The lowest BCUT2D eigenvalue weighted by Gasteiger charge is -2.29. The molecule has 0 saturated heterocycles. The van der Waals surface area contributed by atoms with E-state index in [4.69, 9.17) is 4.99 Å². The molecule has 6 nitrogen and oxygen atoms in total. The second-order valence-corrected chi connectivity index (χ2v) is 7.47. The summed E-state index contributed by atoms with van der Waals surface area (Å²) < 4.78 is 2.08. The van der Waals surface area contributed by atoms with Gasteiger partial charge >= 0.3 is 0 Å². The molecule has 0 aliphatic rings. The van der Waals surface area contributed by atoms with Crippen LogP contribution in [-0.2, 0) is 6.54 Å². The van der Waals surface area contributed by atoms with Crippen molar-refractivity contribution in [2.24, 2.45) is 16.3 Å². The number of hydrogen-bond acceptors (Lipinski definition) is 3. The maximum Gasteiger partial charge on any atom is 0.191 e. The van der Waals surface area contributed by atoms with Crippen molar-refractivity contribution in [2.45, 2.75) is 67.3 Å². The van der Waals surface area contributed by atoms with Gasteiger partial charge in [0.25, 0.3) is 0 Å². The molecule has 1 atom stereocenters. The van der Waals surface area contributed by atoms with Crippen LogP contribution in [-0.4, -0.2) is 47.1 Å². The van der Waals surface area contributed by atoms with Crippen LogP contribution in [0.4, 0.5) is 0 Å². The standard InChI is InChI=1S/C20H39N5O.HI/c1-7-20(8-2,10-11-26)15-23-19(21-9-3)22-13-16(4)14-25-18(6)12-17(5)24-25;/h12,16,26H,7-11,13-15H2,1-6H3,(H2,21,22,23);1H. The zero-order valence-electron chi connectivity index (χ0n) is 18.0. The van der Waals surface area contributed by atoms with Crippen LogP contribution in [0.5, 0.6) is 0 Å². The monoisotopic (exact) mass is 493 g/mol. The molecule has 0 aliphatic heterocycles. The first-order valence-corrected chi connectivity index (χ1v) is 10.0. The summed E-state index contributed by atoms with van der Waals surface area (Å²) in [6.45, 7) is 16.3. The first-order valence-electron chi connectivity index (χ1n) is 10.0. The molecule has 0 spiro atoms. The van der Waals surface area contributed by atoms with Gasteiger partial charge in [0.2, 0.25) is 0 Å². The van der Waals surface area contributed by atoms with Crippen molar-refractivity contribution in [3.8, 4) is 0 Å². The van der Waals surface area contributed by atoms with Crippen LogP contribution in [0.2, 0.25) is 0 Å². The van der Waals surface area contributed by atoms with E-state index in [1.807, 2.05) is 6.92 Å². The Morgan fingerprint density at radius 2 is 1.93 bits per heavy atom. The predicted molar refractivity (Wildman–Crippen MR) is 125 cm³/mol. The molecule has 27 heavy (non-hydrogen) atoms. The number of aliphatic hydroxyl groups is 1. The molecule has 7 heteroatoms. The van der Waals surface area contributed by atoms with Crippen molar-refractivity contribution in [3.63, 3.8) is 0 Å². The number of hydrogen-bond donors (Lipinski definition) is 3. The Balaban J connectivity index is 0.00000676. The second-order valence-electron chi connectivity index (χ2n) is 7.47. The Hall–Kier alpha value is -0.830. The van der Waals surface area contributed by atoms with Crippen molar-refractivity contribution in [1.29, 1.82) is 0 Å². The van der Waals surface area contributed by atoms with Crippen molar-refractivity contribution >= 4 is 29.9 Å². The fraction of sp³-hybridized carbons (Fsp3) is 0.800. The minimum absolute atomic E-state index is 0. The van der Waals surface area contributed by atoms with Gasteiger partial charge in [-0.15, -0.1) is 24.0 Å². The summed E-state index contributed by atoms with van der Waals surface area (Å²) in [5, 5.41) is 20.7. The van der Waals surface area contributed by atoms with Crippen LogP contribution in [0.3, 0.4) is 0 Å². The van der Waals surface area contributed by atoms with Gasteiger partial charge in [-0.2, -0.15) is 5.10 Å². The molecule has 1 rings (SSSR count). The van der Waals surface area contributed by atoms with Gasteiger partial charge in [-0.3, -0.25) is 9.67 Å². The maximum absolute atomic E-state index is 9.39. The Bertz CT molecular complexity index is 555. The normalized spacial score (nSPS) is 13.2. The highest BCUT2D eigenvalue weighted by molar-refractivity contribution is 14.0. The van der Waals surface area contributed by atoms with Crippen LogP contribution >= 0.6 is 24.0 Å². The third-order valence-corrected chi connectivity index (χ3v) is 5.26. The predicted octanol–water partition coefficient (Wildman–Crippen LogP) is 3.50. The SMILES string of the molecule is CCNC(=NCC(CC)(CC)CCO)NCC(C)Cn1nc(C)cc1C.I. The summed E-state index contributed by atoms with van der Waals surface area (Å²) in [7, 11) is 0. The zero-order chi connectivity index (χ0) is 19.6. The van der Waals surface area contributed by atoms with E-state index < -0.39 is 0 Å². The minimum Gasteiger partial charge on any atom is -0.396 e. The van der Waals surface area contributed by atoms with Gasteiger partial charge in [-0.25, -0.2) is 0 Å². The maximum atomic E-state index is 9.39. The zero-order valence-corrected chi connectivity index (χ0v) is 20.3. The molecule has 1 heterocycles. The van der Waals surface area contributed by atoms with Gasteiger partial charge in [0, 0.05) is 38.5 Å². The number of nitrogens with zero attached hydrogens (tertiary/aromatic N) is 3. The molecule has 3 N–H and O–H groups in total. The quantitative estimate of drug-likeness (QED) is 0.251. The van der Waals surface area contributed by atoms with Crippen LogP contribution in [0, 0.1) is 25.2 Å². The van der Waals surface area contributed by atoms with Gasteiger partial charge in [-0.05, 0) is 57.4 Å². The summed E-state index contributed by atoms with van der Waals surface area (Å²) in [6, 6.07) is 2.11. The molecule has 0 aromatic carbocycles. The highest BCUT2D eigenvalue weighted by atomic mass is 127. The molecule has 1 unspecified atom stereocenters.